The van der Waals surface area contributed by atoms with E-state index in [1.165, 1.54) is 0 Å². The number of hydrogen-bond acceptors (Lipinski definition) is 4. The van der Waals surface area contributed by atoms with Gasteiger partial charge in [0.1, 0.15) is 0 Å². The Bertz CT molecular complexity index is 505. The first-order chi connectivity index (χ1) is 11.2. The molecule has 1 amide bonds. The monoisotopic (exact) mass is 356 g/mol. The van der Waals surface area contributed by atoms with Gasteiger partial charge in [-0.15, -0.1) is 12.4 Å². The zero-order chi connectivity index (χ0) is 16.5. The molecule has 1 heterocycles. The predicted octanol–water partition coefficient (Wildman–Crippen LogP) is 2.66. The Labute approximate surface area is 151 Å². The minimum Gasteiger partial charge on any atom is -0.490 e. The first-order valence-electron chi connectivity index (χ1n) is 8.61. The molecule has 2 rings (SSSR count). The van der Waals surface area contributed by atoms with Crippen LogP contribution in [0.3, 0.4) is 0 Å². The Morgan fingerprint density at radius 3 is 2.33 bits per heavy atom. The van der Waals surface area contributed by atoms with Gasteiger partial charge < -0.3 is 19.7 Å². The number of carbonyl (C=O) groups excluding carboxylic acids is 1. The summed E-state index contributed by atoms with van der Waals surface area (Å²) in [6.45, 7) is 8.79. The Morgan fingerprint density at radius 1 is 1.08 bits per heavy atom. The molecule has 1 aromatic rings. The van der Waals surface area contributed by atoms with Gasteiger partial charge in [0, 0.05) is 26.2 Å². The molecule has 0 atom stereocenters. The number of ether oxygens (including phenoxy) is 2. The number of rotatable bonds is 8. The summed E-state index contributed by atoms with van der Waals surface area (Å²) in [6, 6.07) is 5.83. The van der Waals surface area contributed by atoms with Crippen LogP contribution in [0.15, 0.2) is 18.2 Å². The Balaban J connectivity index is 0.00000288. The molecule has 1 fully saturated rings. The van der Waals surface area contributed by atoms with E-state index in [2.05, 4.69) is 19.2 Å². The number of carbonyl (C=O) groups is 1. The van der Waals surface area contributed by atoms with Crippen LogP contribution in [-0.4, -0.2) is 50.2 Å². The molecule has 1 aliphatic rings. The fraction of sp³-hybridized carbons (Fsp3) is 0.611. The molecule has 0 bridgehead atoms. The first kappa shape index (κ1) is 20.6. The molecular weight excluding hydrogens is 328 g/mol. The minimum absolute atomic E-state index is 0. The molecule has 0 spiro atoms. The van der Waals surface area contributed by atoms with Crippen molar-refractivity contribution in [3.05, 3.63) is 23.8 Å². The summed E-state index contributed by atoms with van der Waals surface area (Å²) in [5.74, 6) is 1.68. The predicted molar refractivity (Wildman–Crippen MR) is 98.4 cm³/mol. The first-order valence-corrected chi connectivity index (χ1v) is 8.61. The van der Waals surface area contributed by atoms with Crippen LogP contribution in [0.4, 0.5) is 0 Å². The van der Waals surface area contributed by atoms with E-state index >= 15 is 0 Å². The third-order valence-corrected chi connectivity index (χ3v) is 3.76. The van der Waals surface area contributed by atoms with Crippen molar-refractivity contribution in [1.29, 1.82) is 0 Å². The van der Waals surface area contributed by atoms with Crippen LogP contribution in [0.2, 0.25) is 0 Å². The third kappa shape index (κ3) is 6.21. The van der Waals surface area contributed by atoms with Crippen LogP contribution in [0.25, 0.3) is 0 Å². The van der Waals surface area contributed by atoms with Crippen LogP contribution < -0.4 is 14.8 Å². The van der Waals surface area contributed by atoms with E-state index in [-0.39, 0.29) is 18.3 Å². The number of halogens is 1. The quantitative estimate of drug-likeness (QED) is 0.778. The van der Waals surface area contributed by atoms with E-state index in [0.29, 0.717) is 19.6 Å². The summed E-state index contributed by atoms with van der Waals surface area (Å²) in [4.78, 5) is 14.3. The van der Waals surface area contributed by atoms with Crippen molar-refractivity contribution in [3.8, 4) is 11.5 Å². The SMILES string of the molecule is CCCOc1ccc(CC(=O)N2CCNCC2)cc1OCCC.Cl. The van der Waals surface area contributed by atoms with Gasteiger partial charge in [0.25, 0.3) is 0 Å². The van der Waals surface area contributed by atoms with Crippen molar-refractivity contribution in [2.45, 2.75) is 33.1 Å². The van der Waals surface area contributed by atoms with Crippen LogP contribution in [-0.2, 0) is 11.2 Å². The van der Waals surface area contributed by atoms with Crippen molar-refractivity contribution in [2.24, 2.45) is 0 Å². The van der Waals surface area contributed by atoms with Crippen molar-refractivity contribution in [3.63, 3.8) is 0 Å². The zero-order valence-electron chi connectivity index (χ0n) is 14.7. The van der Waals surface area contributed by atoms with Gasteiger partial charge in [-0.2, -0.15) is 0 Å². The van der Waals surface area contributed by atoms with E-state index in [1.54, 1.807) is 0 Å². The van der Waals surface area contributed by atoms with Crippen molar-refractivity contribution in [1.82, 2.24) is 10.2 Å². The van der Waals surface area contributed by atoms with Crippen molar-refractivity contribution in [2.75, 3.05) is 39.4 Å². The standard InChI is InChI=1S/C18H28N2O3.ClH/c1-3-11-22-16-6-5-15(13-17(16)23-12-4-2)14-18(21)20-9-7-19-8-10-20;/h5-6,13,19H,3-4,7-12,14H2,1-2H3;1H. The largest absolute Gasteiger partial charge is 0.490 e. The third-order valence-electron chi connectivity index (χ3n) is 3.76. The van der Waals surface area contributed by atoms with Gasteiger partial charge in [-0.05, 0) is 30.5 Å². The van der Waals surface area contributed by atoms with E-state index in [0.717, 1.165) is 56.1 Å². The van der Waals surface area contributed by atoms with Gasteiger partial charge in [0.05, 0.1) is 19.6 Å². The van der Waals surface area contributed by atoms with E-state index in [4.69, 9.17) is 9.47 Å². The Hall–Kier alpha value is -1.46. The summed E-state index contributed by atoms with van der Waals surface area (Å²) in [6.07, 6.45) is 2.31. The van der Waals surface area contributed by atoms with Gasteiger partial charge in [-0.1, -0.05) is 19.9 Å². The lowest BCUT2D eigenvalue weighted by Gasteiger charge is -2.27. The lowest BCUT2D eigenvalue weighted by atomic mass is 10.1. The highest BCUT2D eigenvalue weighted by atomic mass is 35.5. The topological polar surface area (TPSA) is 50.8 Å². The van der Waals surface area contributed by atoms with Gasteiger partial charge in [0.15, 0.2) is 11.5 Å². The smallest absolute Gasteiger partial charge is 0.227 e. The summed E-state index contributed by atoms with van der Waals surface area (Å²) in [5.41, 5.74) is 0.975. The summed E-state index contributed by atoms with van der Waals surface area (Å²) in [7, 11) is 0. The molecule has 0 unspecified atom stereocenters. The Kier molecular flexibility index (Phi) is 9.57. The van der Waals surface area contributed by atoms with E-state index in [1.807, 2.05) is 23.1 Å². The summed E-state index contributed by atoms with van der Waals surface area (Å²) >= 11 is 0. The van der Waals surface area contributed by atoms with Crippen molar-refractivity contribution >= 4 is 18.3 Å². The van der Waals surface area contributed by atoms with Gasteiger partial charge in [0.2, 0.25) is 5.91 Å². The maximum Gasteiger partial charge on any atom is 0.227 e. The molecule has 1 aromatic carbocycles. The maximum atomic E-state index is 12.4. The zero-order valence-corrected chi connectivity index (χ0v) is 15.5. The highest BCUT2D eigenvalue weighted by Gasteiger charge is 2.17. The van der Waals surface area contributed by atoms with E-state index < -0.39 is 0 Å². The van der Waals surface area contributed by atoms with Gasteiger partial charge in [-0.25, -0.2) is 0 Å². The number of nitrogens with one attached hydrogen (secondary N) is 1. The molecule has 5 nitrogen and oxygen atoms in total. The average Bonchev–Trinajstić information content (AvgIpc) is 2.59. The number of hydrogen-bond donors (Lipinski definition) is 1. The highest BCUT2D eigenvalue weighted by Crippen LogP contribution is 2.29. The summed E-state index contributed by atoms with van der Waals surface area (Å²) < 4.78 is 11.5. The normalized spacial score (nSPS) is 14.0. The number of nitrogens with zero attached hydrogens (tertiary/aromatic N) is 1. The number of benzene rings is 1. The molecule has 6 heteroatoms. The second kappa shape index (κ2) is 11.2. The van der Waals surface area contributed by atoms with E-state index in [9.17, 15) is 4.79 Å². The maximum absolute atomic E-state index is 12.4. The number of amides is 1. The molecule has 1 saturated heterocycles. The lowest BCUT2D eigenvalue weighted by molar-refractivity contribution is -0.131. The molecule has 0 radical (unpaired) electrons. The molecule has 136 valence electrons. The summed E-state index contributed by atoms with van der Waals surface area (Å²) in [5, 5.41) is 3.26. The molecule has 1 aliphatic heterocycles. The van der Waals surface area contributed by atoms with Crippen LogP contribution in [0.1, 0.15) is 32.3 Å². The second-order valence-corrected chi connectivity index (χ2v) is 5.79. The lowest BCUT2D eigenvalue weighted by Crippen LogP contribution is -2.46. The fourth-order valence-corrected chi connectivity index (χ4v) is 2.52. The average molecular weight is 357 g/mol. The molecule has 24 heavy (non-hydrogen) atoms. The molecular formula is C18H29ClN2O3. The molecule has 0 aliphatic carbocycles. The molecule has 0 aromatic heterocycles. The second-order valence-electron chi connectivity index (χ2n) is 5.79. The van der Waals surface area contributed by atoms with Gasteiger partial charge in [-0.3, -0.25) is 4.79 Å². The molecule has 0 saturated carbocycles. The van der Waals surface area contributed by atoms with Crippen molar-refractivity contribution < 1.29 is 14.3 Å². The van der Waals surface area contributed by atoms with Crippen LogP contribution in [0.5, 0.6) is 11.5 Å². The van der Waals surface area contributed by atoms with Crippen LogP contribution >= 0.6 is 12.4 Å². The fourth-order valence-electron chi connectivity index (χ4n) is 2.52. The molecule has 1 N–H and O–H groups in total. The Morgan fingerprint density at radius 2 is 1.71 bits per heavy atom. The van der Waals surface area contributed by atoms with Crippen LogP contribution in [0, 0.1) is 0 Å². The highest BCUT2D eigenvalue weighted by molar-refractivity contribution is 5.85. The number of piperazine rings is 1. The minimum atomic E-state index is 0. The van der Waals surface area contributed by atoms with Gasteiger partial charge >= 0.3 is 0 Å².